The summed E-state index contributed by atoms with van der Waals surface area (Å²) < 4.78 is 21.2. The molecule has 0 aromatic heterocycles. The molecule has 0 heterocycles. The fourth-order valence-electron chi connectivity index (χ4n) is 2.25. The molecule has 8 nitrogen and oxygen atoms in total. The van der Waals surface area contributed by atoms with Crippen molar-refractivity contribution in [2.45, 2.75) is 13.8 Å². The third-order valence-electron chi connectivity index (χ3n) is 3.52. The molecule has 2 aromatic rings. The molecule has 2 rings (SSSR count). The van der Waals surface area contributed by atoms with E-state index in [0.29, 0.717) is 34.4 Å². The number of nitrogens with zero attached hydrogens (tertiary/aromatic N) is 1. The fourth-order valence-corrected chi connectivity index (χ4v) is 2.44. The van der Waals surface area contributed by atoms with Crippen molar-refractivity contribution < 1.29 is 28.5 Å². The summed E-state index contributed by atoms with van der Waals surface area (Å²) in [6.45, 7) is 3.79. The molecule has 0 radical (unpaired) electrons. The van der Waals surface area contributed by atoms with Gasteiger partial charge in [-0.25, -0.2) is 10.2 Å². The number of esters is 1. The first kappa shape index (κ1) is 23.0. The van der Waals surface area contributed by atoms with Crippen LogP contribution in [0.3, 0.4) is 0 Å². The quantitative estimate of drug-likeness (QED) is 0.331. The van der Waals surface area contributed by atoms with Gasteiger partial charge in [-0.2, -0.15) is 5.10 Å². The van der Waals surface area contributed by atoms with Gasteiger partial charge >= 0.3 is 5.97 Å². The molecule has 30 heavy (non-hydrogen) atoms. The number of hydrogen-bond donors (Lipinski definition) is 1. The molecule has 0 aliphatic heterocycles. The van der Waals surface area contributed by atoms with Gasteiger partial charge in [-0.3, -0.25) is 4.79 Å². The molecule has 0 fully saturated rings. The Morgan fingerprint density at radius 3 is 2.47 bits per heavy atom. The number of carbonyl (C=O) groups is 2. The summed E-state index contributed by atoms with van der Waals surface area (Å²) in [7, 11) is 0. The molecule has 1 N–H and O–H groups in total. The average Bonchev–Trinajstić information content (AvgIpc) is 2.73. The van der Waals surface area contributed by atoms with Gasteiger partial charge in [0.2, 0.25) is 0 Å². The highest BCUT2D eigenvalue weighted by atomic mass is 35.5. The number of hydrogen-bond acceptors (Lipinski definition) is 7. The lowest BCUT2D eigenvalue weighted by Crippen LogP contribution is -2.24. The van der Waals surface area contributed by atoms with Gasteiger partial charge in [0.05, 0.1) is 24.5 Å². The predicted octanol–water partition coefficient (Wildman–Crippen LogP) is 3.21. The van der Waals surface area contributed by atoms with Gasteiger partial charge in [-0.1, -0.05) is 23.7 Å². The highest BCUT2D eigenvalue weighted by molar-refractivity contribution is 6.32. The number of para-hydroxylation sites is 1. The van der Waals surface area contributed by atoms with E-state index >= 15 is 0 Å². The van der Waals surface area contributed by atoms with Crippen LogP contribution in [0.5, 0.6) is 17.2 Å². The van der Waals surface area contributed by atoms with E-state index in [0.717, 1.165) is 0 Å². The molecule has 0 atom stereocenters. The van der Waals surface area contributed by atoms with Crippen molar-refractivity contribution in [3.63, 3.8) is 0 Å². The fraction of sp³-hybridized carbons (Fsp3) is 0.286. The molecule has 0 saturated heterocycles. The van der Waals surface area contributed by atoms with Crippen LogP contribution in [0.15, 0.2) is 47.6 Å². The van der Waals surface area contributed by atoms with E-state index in [2.05, 4.69) is 10.5 Å². The number of halogens is 1. The summed E-state index contributed by atoms with van der Waals surface area (Å²) in [5.41, 5.74) is 3.03. The highest BCUT2D eigenvalue weighted by Crippen LogP contribution is 2.28. The Labute approximate surface area is 179 Å². The minimum Gasteiger partial charge on any atom is -0.490 e. The highest BCUT2D eigenvalue weighted by Gasteiger charge is 2.09. The van der Waals surface area contributed by atoms with Crippen LogP contribution in [-0.4, -0.2) is 44.5 Å². The zero-order chi connectivity index (χ0) is 21.8. The largest absolute Gasteiger partial charge is 0.490 e. The van der Waals surface area contributed by atoms with Gasteiger partial charge in [-0.05, 0) is 49.7 Å². The lowest BCUT2D eigenvalue weighted by atomic mass is 10.2. The van der Waals surface area contributed by atoms with Gasteiger partial charge in [0.15, 0.2) is 24.7 Å². The second-order valence-electron chi connectivity index (χ2n) is 5.75. The Morgan fingerprint density at radius 2 is 1.73 bits per heavy atom. The van der Waals surface area contributed by atoms with Gasteiger partial charge in [0.25, 0.3) is 5.91 Å². The van der Waals surface area contributed by atoms with E-state index < -0.39 is 11.9 Å². The topological polar surface area (TPSA) is 95.5 Å². The van der Waals surface area contributed by atoms with Gasteiger partial charge in [0.1, 0.15) is 5.75 Å². The molecule has 9 heteroatoms. The predicted molar refractivity (Wildman–Crippen MR) is 112 cm³/mol. The van der Waals surface area contributed by atoms with Crippen LogP contribution >= 0.6 is 11.6 Å². The first-order valence-electron chi connectivity index (χ1n) is 9.28. The number of hydrazone groups is 1. The third kappa shape index (κ3) is 7.63. The number of benzene rings is 2. The zero-order valence-electron chi connectivity index (χ0n) is 16.7. The van der Waals surface area contributed by atoms with E-state index in [4.69, 9.17) is 30.5 Å². The van der Waals surface area contributed by atoms with Crippen molar-refractivity contribution >= 4 is 29.7 Å². The van der Waals surface area contributed by atoms with Crippen LogP contribution in [0.25, 0.3) is 0 Å². The summed E-state index contributed by atoms with van der Waals surface area (Å²) in [5.74, 6) is 0.356. The van der Waals surface area contributed by atoms with Crippen molar-refractivity contribution in [3.8, 4) is 17.2 Å². The van der Waals surface area contributed by atoms with Crippen LogP contribution in [0.4, 0.5) is 0 Å². The van der Waals surface area contributed by atoms with Crippen LogP contribution in [0, 0.1) is 0 Å². The Balaban J connectivity index is 1.90. The molecule has 160 valence electrons. The number of amides is 1. The SMILES string of the molecule is CCOC(=O)COc1ccc(/C=N\NC(=O)COc2ccccc2Cl)cc1OCC. The van der Waals surface area contributed by atoms with Crippen LogP contribution in [-0.2, 0) is 14.3 Å². The van der Waals surface area contributed by atoms with Crippen LogP contribution < -0.4 is 19.6 Å². The normalized spacial score (nSPS) is 10.5. The summed E-state index contributed by atoms with van der Waals surface area (Å²) in [4.78, 5) is 23.3. The van der Waals surface area contributed by atoms with Crippen molar-refractivity contribution in [1.82, 2.24) is 5.43 Å². The molecule has 2 aromatic carbocycles. The van der Waals surface area contributed by atoms with Gasteiger partial charge in [0, 0.05) is 0 Å². The van der Waals surface area contributed by atoms with E-state index in [9.17, 15) is 9.59 Å². The van der Waals surface area contributed by atoms with Crippen molar-refractivity contribution in [2.75, 3.05) is 26.4 Å². The Kier molecular flexibility index (Phi) is 9.47. The second-order valence-corrected chi connectivity index (χ2v) is 6.15. The molecule has 1 amide bonds. The first-order valence-corrected chi connectivity index (χ1v) is 9.65. The first-order chi connectivity index (χ1) is 14.5. The van der Waals surface area contributed by atoms with Crippen molar-refractivity contribution in [3.05, 3.63) is 53.1 Å². The Hall–Kier alpha value is -3.26. The third-order valence-corrected chi connectivity index (χ3v) is 3.83. The molecule has 0 unspecified atom stereocenters. The summed E-state index contributed by atoms with van der Waals surface area (Å²) in [6, 6.07) is 11.9. The lowest BCUT2D eigenvalue weighted by molar-refractivity contribution is -0.145. The zero-order valence-corrected chi connectivity index (χ0v) is 17.5. The van der Waals surface area contributed by atoms with Crippen molar-refractivity contribution in [2.24, 2.45) is 5.10 Å². The van der Waals surface area contributed by atoms with E-state index in [1.54, 1.807) is 49.4 Å². The lowest BCUT2D eigenvalue weighted by Gasteiger charge is -2.12. The second kappa shape index (κ2) is 12.3. The van der Waals surface area contributed by atoms with E-state index in [1.807, 2.05) is 6.92 Å². The van der Waals surface area contributed by atoms with E-state index in [-0.39, 0.29) is 19.8 Å². The number of nitrogens with one attached hydrogen (secondary N) is 1. The summed E-state index contributed by atoms with van der Waals surface area (Å²) in [5, 5.41) is 4.32. The monoisotopic (exact) mass is 434 g/mol. The molecule has 0 spiro atoms. The molecular formula is C21H23ClN2O6. The number of ether oxygens (including phenoxy) is 4. The van der Waals surface area contributed by atoms with E-state index in [1.165, 1.54) is 6.21 Å². The van der Waals surface area contributed by atoms with Gasteiger partial charge in [-0.15, -0.1) is 0 Å². The average molecular weight is 435 g/mol. The Morgan fingerprint density at radius 1 is 0.967 bits per heavy atom. The smallest absolute Gasteiger partial charge is 0.344 e. The maximum atomic E-state index is 11.9. The molecule has 0 aliphatic rings. The molecule has 0 aliphatic carbocycles. The standard InChI is InChI=1S/C21H23ClN2O6/c1-3-27-19-11-15(9-10-18(19)30-14-21(26)28-4-2)12-23-24-20(25)13-29-17-8-6-5-7-16(17)22/h5-12H,3-4,13-14H2,1-2H3,(H,24,25)/b23-12-. The Bertz CT molecular complexity index is 888. The molecule has 0 saturated carbocycles. The molecular weight excluding hydrogens is 412 g/mol. The summed E-state index contributed by atoms with van der Waals surface area (Å²) >= 11 is 5.97. The maximum absolute atomic E-state index is 11.9. The minimum atomic E-state index is -0.465. The van der Waals surface area contributed by atoms with Crippen LogP contribution in [0.2, 0.25) is 5.02 Å². The molecule has 0 bridgehead atoms. The maximum Gasteiger partial charge on any atom is 0.344 e. The minimum absolute atomic E-state index is 0.219. The van der Waals surface area contributed by atoms with Crippen LogP contribution in [0.1, 0.15) is 19.4 Å². The van der Waals surface area contributed by atoms with Gasteiger partial charge < -0.3 is 18.9 Å². The summed E-state index contributed by atoms with van der Waals surface area (Å²) in [6.07, 6.45) is 1.45. The number of rotatable bonds is 11. The van der Waals surface area contributed by atoms with Crippen molar-refractivity contribution in [1.29, 1.82) is 0 Å². The number of carbonyl (C=O) groups excluding carboxylic acids is 2.